The van der Waals surface area contributed by atoms with E-state index in [4.69, 9.17) is 4.74 Å². The van der Waals surface area contributed by atoms with Crippen molar-refractivity contribution in [2.45, 2.75) is 36.0 Å². The molecule has 8 heteroatoms. The summed E-state index contributed by atoms with van der Waals surface area (Å²) in [4.78, 5) is 18.1. The molecule has 0 bridgehead atoms. The molecule has 1 saturated heterocycles. The van der Waals surface area contributed by atoms with Gasteiger partial charge in [-0.25, -0.2) is 4.39 Å². The summed E-state index contributed by atoms with van der Waals surface area (Å²) in [5.41, 5.74) is 3.16. The van der Waals surface area contributed by atoms with Gasteiger partial charge in [0.05, 0.1) is 21.6 Å². The Kier molecular flexibility index (Phi) is 5.80. The lowest BCUT2D eigenvalue weighted by Crippen LogP contribution is -2.18. The average molecular weight is 452 g/mol. The topological polar surface area (TPSA) is 68.5 Å². The molecule has 0 saturated carbocycles. The van der Waals surface area contributed by atoms with Gasteiger partial charge in [0.2, 0.25) is 0 Å². The minimum Gasteiger partial charge on any atom is -0.453 e. The third-order valence-electron chi connectivity index (χ3n) is 5.88. The quantitative estimate of drug-likeness (QED) is 0.343. The van der Waals surface area contributed by atoms with E-state index in [1.54, 1.807) is 24.0 Å². The maximum atomic E-state index is 14.3. The number of nitro benzene ring substituents is 1. The summed E-state index contributed by atoms with van der Waals surface area (Å²) in [6.45, 7) is 3.36. The van der Waals surface area contributed by atoms with Gasteiger partial charge in [-0.3, -0.25) is 20.0 Å². The van der Waals surface area contributed by atoms with Gasteiger partial charge in [0, 0.05) is 36.5 Å². The van der Waals surface area contributed by atoms with E-state index in [9.17, 15) is 14.5 Å². The number of halogens is 1. The highest BCUT2D eigenvalue weighted by atomic mass is 32.2. The van der Waals surface area contributed by atoms with E-state index >= 15 is 0 Å². The van der Waals surface area contributed by atoms with E-state index in [1.807, 2.05) is 0 Å². The predicted octanol–water partition coefficient (Wildman–Crippen LogP) is 5.91. The Balaban J connectivity index is 1.31. The first kappa shape index (κ1) is 20.9. The fourth-order valence-electron chi connectivity index (χ4n) is 4.21. The van der Waals surface area contributed by atoms with Crippen molar-refractivity contribution in [1.82, 2.24) is 9.88 Å². The van der Waals surface area contributed by atoms with Crippen molar-refractivity contribution in [3.8, 4) is 11.5 Å². The summed E-state index contributed by atoms with van der Waals surface area (Å²) >= 11 is 1.66. The first-order valence-corrected chi connectivity index (χ1v) is 11.5. The summed E-state index contributed by atoms with van der Waals surface area (Å²) in [5, 5.41) is 11.1. The van der Waals surface area contributed by atoms with Crippen LogP contribution in [0.4, 0.5) is 10.1 Å². The molecule has 1 unspecified atom stereocenters. The summed E-state index contributed by atoms with van der Waals surface area (Å²) < 4.78 is 20.1. The highest BCUT2D eigenvalue weighted by molar-refractivity contribution is 8.00. The van der Waals surface area contributed by atoms with Crippen molar-refractivity contribution in [2.24, 2.45) is 0 Å². The van der Waals surface area contributed by atoms with Gasteiger partial charge in [-0.2, -0.15) is 0 Å². The molecule has 0 radical (unpaired) electrons. The number of nitrogens with zero attached hydrogens (tertiary/aromatic N) is 3. The van der Waals surface area contributed by atoms with E-state index in [0.717, 1.165) is 29.6 Å². The molecule has 6 nitrogen and oxygen atoms in total. The van der Waals surface area contributed by atoms with Gasteiger partial charge in [0.1, 0.15) is 5.75 Å². The number of nitro groups is 1. The number of ether oxygens (including phenoxy) is 1. The summed E-state index contributed by atoms with van der Waals surface area (Å²) in [5.74, 6) is -0.293. The molecule has 1 atom stereocenters. The maximum Gasteiger partial charge on any atom is 0.272 e. The molecule has 3 heterocycles. The van der Waals surface area contributed by atoms with Crippen LogP contribution in [0.15, 0.2) is 59.6 Å². The van der Waals surface area contributed by atoms with Gasteiger partial charge in [0.15, 0.2) is 11.6 Å². The number of non-ortho nitro benzene ring substituents is 1. The minimum absolute atomic E-state index is 0.0423. The predicted molar refractivity (Wildman–Crippen MR) is 121 cm³/mol. The van der Waals surface area contributed by atoms with Crippen LogP contribution in [0.5, 0.6) is 11.5 Å². The Morgan fingerprint density at radius 1 is 1.12 bits per heavy atom. The summed E-state index contributed by atoms with van der Waals surface area (Å²) in [6.07, 6.45) is 5.00. The zero-order valence-electron chi connectivity index (χ0n) is 17.4. The van der Waals surface area contributed by atoms with Crippen LogP contribution >= 0.6 is 11.8 Å². The van der Waals surface area contributed by atoms with Gasteiger partial charge < -0.3 is 4.74 Å². The fraction of sp³-hybridized carbons (Fsp3) is 0.292. The lowest BCUT2D eigenvalue weighted by atomic mass is 10.1. The standard InChI is InChI=1S/C24H22FN3O3S/c25-19-13-18(28(29)30)7-8-21(19)31-22-9-10-26-20-14-23(32-24(20)22)17-5-3-16(4-6-17)15-27-11-1-2-12-27/h3-10,13,23H,1-2,11-12,14-15H2. The number of fused-ring (bicyclic) bond motifs is 1. The number of benzene rings is 2. The van der Waals surface area contributed by atoms with Crippen LogP contribution < -0.4 is 4.74 Å². The maximum absolute atomic E-state index is 14.3. The van der Waals surface area contributed by atoms with Gasteiger partial charge in [0.25, 0.3) is 5.69 Å². The minimum atomic E-state index is -0.766. The second-order valence-corrected chi connectivity index (χ2v) is 9.31. The Labute approximate surface area is 189 Å². The van der Waals surface area contributed by atoms with Gasteiger partial charge in [-0.15, -0.1) is 11.8 Å². The SMILES string of the molecule is O=[N+]([O-])c1ccc(Oc2ccnc3c2SC(c2ccc(CN4CCCC4)cc2)C3)c(F)c1. The third kappa shape index (κ3) is 4.33. The number of hydrogen-bond donors (Lipinski definition) is 0. The van der Waals surface area contributed by atoms with Crippen LogP contribution in [0, 0.1) is 15.9 Å². The molecule has 32 heavy (non-hydrogen) atoms. The molecule has 164 valence electrons. The highest BCUT2D eigenvalue weighted by Gasteiger charge is 2.28. The van der Waals surface area contributed by atoms with E-state index in [1.165, 1.54) is 49.2 Å². The molecule has 0 spiro atoms. The van der Waals surface area contributed by atoms with Crippen molar-refractivity contribution in [1.29, 1.82) is 0 Å². The largest absolute Gasteiger partial charge is 0.453 e. The molecule has 2 aliphatic rings. The molecule has 0 amide bonds. The molecular weight excluding hydrogens is 429 g/mol. The third-order valence-corrected chi connectivity index (χ3v) is 7.28. The molecule has 1 fully saturated rings. The van der Waals surface area contributed by atoms with Crippen LogP contribution in [0.3, 0.4) is 0 Å². The van der Waals surface area contributed by atoms with E-state index in [0.29, 0.717) is 5.75 Å². The van der Waals surface area contributed by atoms with Crippen LogP contribution in [-0.2, 0) is 13.0 Å². The highest BCUT2D eigenvalue weighted by Crippen LogP contribution is 2.50. The molecule has 0 N–H and O–H groups in total. The number of hydrogen-bond acceptors (Lipinski definition) is 6. The average Bonchev–Trinajstić information content (AvgIpc) is 3.46. The first-order chi connectivity index (χ1) is 15.6. The number of likely N-dealkylation sites (tertiary alicyclic amines) is 1. The second-order valence-electron chi connectivity index (χ2n) is 8.09. The Hall–Kier alpha value is -2.97. The van der Waals surface area contributed by atoms with Crippen LogP contribution in [0.2, 0.25) is 0 Å². The molecule has 3 aromatic rings. The molecule has 0 aliphatic carbocycles. The number of rotatable bonds is 6. The van der Waals surface area contributed by atoms with Gasteiger partial charge in [-0.05, 0) is 43.1 Å². The van der Waals surface area contributed by atoms with Crippen molar-refractivity contribution >= 4 is 17.4 Å². The molecule has 5 rings (SSSR count). The molecular formula is C24H22FN3O3S. The summed E-state index contributed by atoms with van der Waals surface area (Å²) in [7, 11) is 0. The van der Waals surface area contributed by atoms with Crippen LogP contribution in [0.1, 0.15) is 34.9 Å². The van der Waals surface area contributed by atoms with Gasteiger partial charge >= 0.3 is 0 Å². The molecule has 2 aliphatic heterocycles. The summed E-state index contributed by atoms with van der Waals surface area (Å²) in [6, 6.07) is 13.9. The Morgan fingerprint density at radius 2 is 1.91 bits per heavy atom. The van der Waals surface area contributed by atoms with Gasteiger partial charge in [-0.1, -0.05) is 24.3 Å². The van der Waals surface area contributed by atoms with E-state index in [-0.39, 0.29) is 16.7 Å². The monoisotopic (exact) mass is 451 g/mol. The second kappa shape index (κ2) is 8.88. The van der Waals surface area contributed by atoms with Crippen molar-refractivity contribution < 1.29 is 14.1 Å². The zero-order chi connectivity index (χ0) is 22.1. The lowest BCUT2D eigenvalue weighted by molar-refractivity contribution is -0.385. The van der Waals surface area contributed by atoms with Crippen LogP contribution in [-0.4, -0.2) is 27.9 Å². The van der Waals surface area contributed by atoms with Crippen molar-refractivity contribution in [3.63, 3.8) is 0 Å². The van der Waals surface area contributed by atoms with E-state index < -0.39 is 10.7 Å². The normalized spacial score (nSPS) is 18.0. The lowest BCUT2D eigenvalue weighted by Gasteiger charge is -2.15. The fourth-order valence-corrected chi connectivity index (χ4v) is 5.53. The number of aromatic nitrogens is 1. The van der Waals surface area contributed by atoms with Crippen molar-refractivity contribution in [2.75, 3.05) is 13.1 Å². The smallest absolute Gasteiger partial charge is 0.272 e. The Bertz CT molecular complexity index is 1150. The van der Waals surface area contributed by atoms with E-state index in [2.05, 4.69) is 34.1 Å². The van der Waals surface area contributed by atoms with Crippen molar-refractivity contribution in [3.05, 3.63) is 87.5 Å². The molecule has 1 aromatic heterocycles. The van der Waals surface area contributed by atoms with Crippen LogP contribution in [0.25, 0.3) is 0 Å². The Morgan fingerprint density at radius 3 is 2.62 bits per heavy atom. The first-order valence-electron chi connectivity index (χ1n) is 10.6. The molecule has 2 aromatic carbocycles. The number of pyridine rings is 1. The zero-order valence-corrected chi connectivity index (χ0v) is 18.2. The number of thioether (sulfide) groups is 1.